The molecule has 1 fully saturated rings. The van der Waals surface area contributed by atoms with Gasteiger partial charge in [-0.2, -0.15) is 0 Å². The lowest BCUT2D eigenvalue weighted by molar-refractivity contribution is 0.712. The van der Waals surface area contributed by atoms with Crippen LogP contribution in [0.2, 0.25) is 0 Å². The van der Waals surface area contributed by atoms with Crippen LogP contribution < -0.4 is 5.73 Å². The fourth-order valence-corrected chi connectivity index (χ4v) is 3.30. The minimum atomic E-state index is -0.205. The molecule has 14 heavy (non-hydrogen) atoms. The second-order valence-electron chi connectivity index (χ2n) is 3.72. The normalized spacial score (nSPS) is 38.1. The number of fused-ring (bicyclic) bond motifs is 1. The van der Waals surface area contributed by atoms with Crippen LogP contribution in [0.25, 0.3) is 0 Å². The molecule has 2 N–H and O–H groups in total. The fraction of sp³-hybridized carbons (Fsp3) is 0.167. The lowest BCUT2D eigenvalue weighted by atomic mass is 9.89. The minimum Gasteiger partial charge on any atom is -0.312 e. The van der Waals surface area contributed by atoms with Gasteiger partial charge in [-0.15, -0.1) is 11.8 Å². The van der Waals surface area contributed by atoms with Gasteiger partial charge in [0, 0.05) is 0 Å². The SMILES string of the molecule is NC12C=CC=CC1(c1ccccc1)S2. The summed E-state index contributed by atoms with van der Waals surface area (Å²) in [6.07, 6.45) is 8.40. The molecule has 0 aromatic heterocycles. The minimum absolute atomic E-state index is 0.00299. The highest BCUT2D eigenvalue weighted by Gasteiger charge is 2.65. The van der Waals surface area contributed by atoms with E-state index in [0.717, 1.165) is 0 Å². The first kappa shape index (κ1) is 8.33. The van der Waals surface area contributed by atoms with Gasteiger partial charge in [-0.25, -0.2) is 0 Å². The molecule has 1 aliphatic heterocycles. The Morgan fingerprint density at radius 3 is 2.43 bits per heavy atom. The molecule has 1 heterocycles. The van der Waals surface area contributed by atoms with Gasteiger partial charge in [-0.05, 0) is 5.56 Å². The third-order valence-electron chi connectivity index (χ3n) is 2.86. The van der Waals surface area contributed by atoms with Crippen LogP contribution in [0.15, 0.2) is 54.6 Å². The molecule has 0 spiro atoms. The Morgan fingerprint density at radius 2 is 1.71 bits per heavy atom. The Hall–Kier alpha value is -0.990. The van der Waals surface area contributed by atoms with Crippen molar-refractivity contribution < 1.29 is 0 Å². The maximum Gasteiger partial charge on any atom is 0.105 e. The van der Waals surface area contributed by atoms with Gasteiger partial charge in [0.15, 0.2) is 0 Å². The number of hydrogen-bond donors (Lipinski definition) is 1. The maximum absolute atomic E-state index is 6.24. The monoisotopic (exact) mass is 201 g/mol. The summed E-state index contributed by atoms with van der Waals surface area (Å²) >= 11 is 1.81. The van der Waals surface area contributed by atoms with Crippen molar-refractivity contribution in [3.63, 3.8) is 0 Å². The predicted molar refractivity (Wildman–Crippen MR) is 60.9 cm³/mol. The lowest BCUT2D eigenvalue weighted by Gasteiger charge is -2.16. The van der Waals surface area contributed by atoms with E-state index in [1.807, 2.05) is 12.1 Å². The molecule has 2 atom stereocenters. The van der Waals surface area contributed by atoms with Crippen LogP contribution in [0.1, 0.15) is 5.56 Å². The van der Waals surface area contributed by atoms with Gasteiger partial charge in [0.1, 0.15) is 4.87 Å². The van der Waals surface area contributed by atoms with Crippen LogP contribution >= 0.6 is 11.8 Å². The lowest BCUT2D eigenvalue weighted by Crippen LogP contribution is -2.31. The molecular formula is C12H11NS. The van der Waals surface area contributed by atoms with Crippen molar-refractivity contribution in [1.29, 1.82) is 0 Å². The van der Waals surface area contributed by atoms with Crippen molar-refractivity contribution in [2.75, 3.05) is 0 Å². The van der Waals surface area contributed by atoms with Crippen molar-refractivity contribution in [2.45, 2.75) is 9.62 Å². The number of nitrogens with two attached hydrogens (primary N) is 1. The summed E-state index contributed by atoms with van der Waals surface area (Å²) in [6, 6.07) is 10.5. The fourth-order valence-electron chi connectivity index (χ4n) is 2.02. The Labute approximate surface area is 87.7 Å². The zero-order valence-electron chi connectivity index (χ0n) is 7.68. The standard InChI is InChI=1S/C12H11NS/c13-12-9-5-4-8-11(12,14-12)10-6-2-1-3-7-10/h1-9H,13H2. The third-order valence-corrected chi connectivity index (χ3v) is 4.48. The molecule has 2 unspecified atom stereocenters. The molecule has 3 rings (SSSR count). The highest BCUT2D eigenvalue weighted by Crippen LogP contribution is 2.69. The average molecular weight is 201 g/mol. The largest absolute Gasteiger partial charge is 0.312 e. The van der Waals surface area contributed by atoms with E-state index in [4.69, 9.17) is 5.73 Å². The van der Waals surface area contributed by atoms with E-state index in [1.165, 1.54) is 5.56 Å². The van der Waals surface area contributed by atoms with E-state index >= 15 is 0 Å². The van der Waals surface area contributed by atoms with E-state index < -0.39 is 0 Å². The number of rotatable bonds is 1. The van der Waals surface area contributed by atoms with Crippen LogP contribution in [0.5, 0.6) is 0 Å². The van der Waals surface area contributed by atoms with Gasteiger partial charge in [0.2, 0.25) is 0 Å². The van der Waals surface area contributed by atoms with E-state index in [9.17, 15) is 0 Å². The highest BCUT2D eigenvalue weighted by atomic mass is 32.2. The number of thioether (sulfide) groups is 1. The first-order valence-corrected chi connectivity index (χ1v) is 5.50. The number of hydrogen-bond acceptors (Lipinski definition) is 2. The summed E-state index contributed by atoms with van der Waals surface area (Å²) in [4.78, 5) is -0.205. The molecule has 1 nitrogen and oxygen atoms in total. The summed E-state index contributed by atoms with van der Waals surface area (Å²) < 4.78 is 0.00299. The van der Waals surface area contributed by atoms with Crippen LogP contribution in [-0.4, -0.2) is 4.87 Å². The summed E-state index contributed by atoms with van der Waals surface area (Å²) in [6.45, 7) is 0. The third kappa shape index (κ3) is 0.900. The Morgan fingerprint density at radius 1 is 1.00 bits per heavy atom. The molecule has 1 aromatic rings. The molecule has 70 valence electrons. The van der Waals surface area contributed by atoms with Crippen molar-refractivity contribution in [2.24, 2.45) is 5.73 Å². The summed E-state index contributed by atoms with van der Waals surface area (Å²) in [7, 11) is 0. The molecule has 1 saturated heterocycles. The van der Waals surface area contributed by atoms with E-state index in [0.29, 0.717) is 0 Å². The molecule has 1 aliphatic carbocycles. The van der Waals surface area contributed by atoms with Crippen molar-refractivity contribution in [1.82, 2.24) is 0 Å². The van der Waals surface area contributed by atoms with Gasteiger partial charge in [0.05, 0.1) is 4.75 Å². The summed E-state index contributed by atoms with van der Waals surface area (Å²) in [5.74, 6) is 0. The van der Waals surface area contributed by atoms with Crippen LogP contribution in [0, 0.1) is 0 Å². The molecular weight excluding hydrogens is 190 g/mol. The molecule has 1 aromatic carbocycles. The second kappa shape index (κ2) is 2.53. The van der Waals surface area contributed by atoms with Gasteiger partial charge in [-0.1, -0.05) is 54.6 Å². The Kier molecular flexibility index (Phi) is 1.50. The van der Waals surface area contributed by atoms with E-state index in [-0.39, 0.29) is 9.62 Å². The summed E-state index contributed by atoms with van der Waals surface area (Å²) in [5, 5.41) is 0. The zero-order valence-corrected chi connectivity index (χ0v) is 8.50. The highest BCUT2D eigenvalue weighted by molar-refractivity contribution is 8.09. The van der Waals surface area contributed by atoms with E-state index in [1.54, 1.807) is 11.8 Å². The smallest absolute Gasteiger partial charge is 0.105 e. The molecule has 0 saturated carbocycles. The Balaban J connectivity index is 2.10. The topological polar surface area (TPSA) is 26.0 Å². The molecule has 0 radical (unpaired) electrons. The molecule has 2 heteroatoms. The van der Waals surface area contributed by atoms with Gasteiger partial charge >= 0.3 is 0 Å². The van der Waals surface area contributed by atoms with Gasteiger partial charge in [-0.3, -0.25) is 0 Å². The van der Waals surface area contributed by atoms with Crippen molar-refractivity contribution in [3.8, 4) is 0 Å². The van der Waals surface area contributed by atoms with E-state index in [2.05, 4.69) is 42.5 Å². The number of benzene rings is 1. The van der Waals surface area contributed by atoms with Crippen molar-refractivity contribution >= 4 is 11.8 Å². The second-order valence-corrected chi connectivity index (χ2v) is 5.24. The molecule has 2 aliphatic rings. The first-order chi connectivity index (χ1) is 6.77. The quantitative estimate of drug-likeness (QED) is 0.706. The van der Waals surface area contributed by atoms with Crippen LogP contribution in [0.3, 0.4) is 0 Å². The molecule has 0 amide bonds. The molecule has 0 bridgehead atoms. The summed E-state index contributed by atoms with van der Waals surface area (Å²) in [5.41, 5.74) is 7.54. The maximum atomic E-state index is 6.24. The number of allylic oxidation sites excluding steroid dienone is 2. The van der Waals surface area contributed by atoms with Gasteiger partial charge in [0.25, 0.3) is 0 Å². The van der Waals surface area contributed by atoms with Gasteiger partial charge < -0.3 is 5.73 Å². The van der Waals surface area contributed by atoms with Crippen LogP contribution in [-0.2, 0) is 4.75 Å². The first-order valence-electron chi connectivity index (χ1n) is 4.68. The predicted octanol–water partition coefficient (Wildman–Crippen LogP) is 2.41. The van der Waals surface area contributed by atoms with Crippen molar-refractivity contribution in [3.05, 3.63) is 60.2 Å². The average Bonchev–Trinajstić information content (AvgIpc) is 2.87. The Bertz CT molecular complexity index is 423. The zero-order chi connectivity index (χ0) is 9.65. The van der Waals surface area contributed by atoms with Crippen LogP contribution in [0.4, 0.5) is 0 Å².